The highest BCUT2D eigenvalue weighted by Crippen LogP contribution is 2.21. The van der Waals surface area contributed by atoms with Crippen molar-refractivity contribution in [1.82, 2.24) is 4.90 Å². The summed E-state index contributed by atoms with van der Waals surface area (Å²) in [6, 6.07) is 8.40. The van der Waals surface area contributed by atoms with Crippen LogP contribution in [0.15, 0.2) is 24.3 Å². The lowest BCUT2D eigenvalue weighted by atomic mass is 10.0. The van der Waals surface area contributed by atoms with Gasteiger partial charge >= 0.3 is 0 Å². The van der Waals surface area contributed by atoms with Crippen molar-refractivity contribution in [3.8, 4) is 0 Å². The molecule has 1 aliphatic rings. The van der Waals surface area contributed by atoms with Gasteiger partial charge in [0.2, 0.25) is 5.91 Å². The maximum Gasteiger partial charge on any atom is 0.222 e. The van der Waals surface area contributed by atoms with Gasteiger partial charge in [-0.3, -0.25) is 4.79 Å². The second-order valence-electron chi connectivity index (χ2n) is 6.23. The van der Waals surface area contributed by atoms with Crippen LogP contribution in [0.5, 0.6) is 0 Å². The van der Waals surface area contributed by atoms with Gasteiger partial charge in [-0.1, -0.05) is 26.0 Å². The number of carbonyl (C=O) groups excluding carboxylic acids is 1. The molecule has 0 radical (unpaired) electrons. The second kappa shape index (κ2) is 6.94. The van der Waals surface area contributed by atoms with Gasteiger partial charge in [0, 0.05) is 38.8 Å². The number of hydrogen-bond donors (Lipinski definition) is 1. The molecule has 2 rings (SSSR count). The number of likely N-dealkylation sites (tertiary alicyclic amines) is 1. The van der Waals surface area contributed by atoms with Gasteiger partial charge in [0.1, 0.15) is 0 Å². The normalized spacial score (nSPS) is 16.6. The Morgan fingerprint density at radius 2 is 2.14 bits per heavy atom. The van der Waals surface area contributed by atoms with Gasteiger partial charge in [-0.2, -0.15) is 0 Å². The van der Waals surface area contributed by atoms with Crippen LogP contribution in [0.1, 0.15) is 38.2 Å². The Morgan fingerprint density at radius 3 is 2.76 bits per heavy atom. The number of anilines is 1. The van der Waals surface area contributed by atoms with E-state index in [0.29, 0.717) is 25.4 Å². The molecule has 116 valence electrons. The Hall–Kier alpha value is -1.55. The standard InChI is InChI=1S/C17H26N2O2/c1-13(2)14-6-4-7-15(10-14)18(3)11-16(20)12-19-9-5-8-17(19)21/h4,6-7,10,13,16,20H,5,8-9,11-12H2,1-3H3. The van der Waals surface area contributed by atoms with Crippen LogP contribution in [0.2, 0.25) is 0 Å². The number of carbonyl (C=O) groups is 1. The molecule has 1 unspecified atom stereocenters. The van der Waals surface area contributed by atoms with Crippen LogP contribution in [-0.4, -0.2) is 48.7 Å². The third-order valence-electron chi connectivity index (χ3n) is 4.06. The molecule has 1 aliphatic heterocycles. The summed E-state index contributed by atoms with van der Waals surface area (Å²) in [4.78, 5) is 15.4. The van der Waals surface area contributed by atoms with Gasteiger partial charge in [0.05, 0.1) is 6.10 Å². The lowest BCUT2D eigenvalue weighted by molar-refractivity contribution is -0.128. The quantitative estimate of drug-likeness (QED) is 0.874. The molecule has 0 saturated carbocycles. The van der Waals surface area contributed by atoms with Crippen molar-refractivity contribution in [3.63, 3.8) is 0 Å². The average molecular weight is 290 g/mol. The Morgan fingerprint density at radius 1 is 1.38 bits per heavy atom. The minimum Gasteiger partial charge on any atom is -0.389 e. The molecule has 0 aromatic heterocycles. The summed E-state index contributed by atoms with van der Waals surface area (Å²) in [7, 11) is 1.98. The highest BCUT2D eigenvalue weighted by atomic mass is 16.3. The first-order valence-corrected chi connectivity index (χ1v) is 7.74. The summed E-state index contributed by atoms with van der Waals surface area (Å²) in [6.07, 6.45) is 1.02. The largest absolute Gasteiger partial charge is 0.389 e. The summed E-state index contributed by atoms with van der Waals surface area (Å²) in [6.45, 7) is 6.10. The fraction of sp³-hybridized carbons (Fsp3) is 0.588. The molecule has 1 aromatic rings. The molecular weight excluding hydrogens is 264 g/mol. The van der Waals surface area contributed by atoms with E-state index in [0.717, 1.165) is 18.7 Å². The highest BCUT2D eigenvalue weighted by molar-refractivity contribution is 5.78. The van der Waals surface area contributed by atoms with Crippen molar-refractivity contribution >= 4 is 11.6 Å². The summed E-state index contributed by atoms with van der Waals surface area (Å²) in [5.41, 5.74) is 2.40. The fourth-order valence-electron chi connectivity index (χ4n) is 2.75. The number of aliphatic hydroxyl groups excluding tert-OH is 1. The average Bonchev–Trinajstić information content (AvgIpc) is 2.84. The van der Waals surface area contributed by atoms with Gasteiger partial charge in [-0.05, 0) is 30.0 Å². The molecule has 1 aromatic carbocycles. The molecule has 0 spiro atoms. The molecule has 1 saturated heterocycles. The van der Waals surface area contributed by atoms with E-state index in [1.54, 1.807) is 4.90 Å². The van der Waals surface area contributed by atoms with Crippen LogP contribution in [0, 0.1) is 0 Å². The van der Waals surface area contributed by atoms with Crippen molar-refractivity contribution in [2.75, 3.05) is 31.6 Å². The summed E-state index contributed by atoms with van der Waals surface area (Å²) in [5.74, 6) is 0.656. The number of hydrogen-bond acceptors (Lipinski definition) is 3. The number of likely N-dealkylation sites (N-methyl/N-ethyl adjacent to an activating group) is 1. The van der Waals surface area contributed by atoms with Gasteiger partial charge in [0.15, 0.2) is 0 Å². The zero-order valence-corrected chi connectivity index (χ0v) is 13.2. The van der Waals surface area contributed by atoms with Crippen LogP contribution in [0.4, 0.5) is 5.69 Å². The van der Waals surface area contributed by atoms with Gasteiger partial charge in [-0.15, -0.1) is 0 Å². The predicted octanol–water partition coefficient (Wildman–Crippen LogP) is 2.23. The zero-order valence-electron chi connectivity index (χ0n) is 13.2. The van der Waals surface area contributed by atoms with Crippen LogP contribution < -0.4 is 4.90 Å². The van der Waals surface area contributed by atoms with Crippen LogP contribution >= 0.6 is 0 Å². The Labute approximate surface area is 127 Å². The number of aliphatic hydroxyl groups is 1. The van der Waals surface area contributed by atoms with Gasteiger partial charge < -0.3 is 14.9 Å². The second-order valence-corrected chi connectivity index (χ2v) is 6.23. The van der Waals surface area contributed by atoms with Gasteiger partial charge in [-0.25, -0.2) is 0 Å². The number of rotatable bonds is 6. The highest BCUT2D eigenvalue weighted by Gasteiger charge is 2.23. The monoisotopic (exact) mass is 290 g/mol. The lowest BCUT2D eigenvalue weighted by Gasteiger charge is -2.26. The summed E-state index contributed by atoms with van der Waals surface area (Å²) < 4.78 is 0. The molecule has 0 aliphatic carbocycles. The first kappa shape index (κ1) is 15.8. The van der Waals surface area contributed by atoms with E-state index in [-0.39, 0.29) is 5.91 Å². The lowest BCUT2D eigenvalue weighted by Crippen LogP contribution is -2.39. The van der Waals surface area contributed by atoms with E-state index < -0.39 is 6.10 Å². The Kier molecular flexibility index (Phi) is 5.23. The van der Waals surface area contributed by atoms with Crippen molar-refractivity contribution < 1.29 is 9.90 Å². The van der Waals surface area contributed by atoms with Gasteiger partial charge in [0.25, 0.3) is 0 Å². The Bertz CT molecular complexity index is 487. The minimum atomic E-state index is -0.514. The molecule has 4 heteroatoms. The SMILES string of the molecule is CC(C)c1cccc(N(C)CC(O)CN2CCCC2=O)c1. The first-order chi connectivity index (χ1) is 9.97. The summed E-state index contributed by atoms with van der Waals surface area (Å²) in [5, 5.41) is 10.2. The summed E-state index contributed by atoms with van der Waals surface area (Å²) >= 11 is 0. The van der Waals surface area contributed by atoms with E-state index in [9.17, 15) is 9.90 Å². The Balaban J connectivity index is 1.92. The van der Waals surface area contributed by atoms with Crippen LogP contribution in [0.3, 0.4) is 0 Å². The molecule has 1 N–H and O–H groups in total. The molecule has 1 heterocycles. The maximum absolute atomic E-state index is 11.6. The number of β-amino-alcohol motifs (C(OH)–C–C–N with tert-alkyl or cyclic N) is 1. The third kappa shape index (κ3) is 4.21. The molecular formula is C17H26N2O2. The van der Waals surface area contributed by atoms with Crippen molar-refractivity contribution in [3.05, 3.63) is 29.8 Å². The molecule has 1 fully saturated rings. The zero-order chi connectivity index (χ0) is 15.4. The first-order valence-electron chi connectivity index (χ1n) is 7.74. The predicted molar refractivity (Wildman–Crippen MR) is 85.6 cm³/mol. The van der Waals surface area contributed by atoms with E-state index in [1.165, 1.54) is 5.56 Å². The number of amides is 1. The number of nitrogens with zero attached hydrogens (tertiary/aromatic N) is 2. The van der Waals surface area contributed by atoms with E-state index in [2.05, 4.69) is 43.0 Å². The molecule has 4 nitrogen and oxygen atoms in total. The molecule has 0 bridgehead atoms. The molecule has 1 atom stereocenters. The minimum absolute atomic E-state index is 0.165. The molecule has 21 heavy (non-hydrogen) atoms. The van der Waals surface area contributed by atoms with E-state index in [1.807, 2.05) is 7.05 Å². The van der Waals surface area contributed by atoms with Crippen molar-refractivity contribution in [1.29, 1.82) is 0 Å². The van der Waals surface area contributed by atoms with Crippen LogP contribution in [0.25, 0.3) is 0 Å². The van der Waals surface area contributed by atoms with Crippen LogP contribution in [-0.2, 0) is 4.79 Å². The fourth-order valence-corrected chi connectivity index (χ4v) is 2.75. The smallest absolute Gasteiger partial charge is 0.222 e. The topological polar surface area (TPSA) is 43.8 Å². The van der Waals surface area contributed by atoms with Crippen molar-refractivity contribution in [2.24, 2.45) is 0 Å². The number of benzene rings is 1. The maximum atomic E-state index is 11.6. The third-order valence-corrected chi connectivity index (χ3v) is 4.06. The molecule has 1 amide bonds. The van der Waals surface area contributed by atoms with E-state index >= 15 is 0 Å². The van der Waals surface area contributed by atoms with E-state index in [4.69, 9.17) is 0 Å². The van der Waals surface area contributed by atoms with Crippen molar-refractivity contribution in [2.45, 2.75) is 38.7 Å².